The van der Waals surface area contributed by atoms with Gasteiger partial charge in [-0.3, -0.25) is 4.79 Å². The van der Waals surface area contributed by atoms with Crippen molar-refractivity contribution in [1.29, 1.82) is 0 Å². The van der Waals surface area contributed by atoms with Crippen molar-refractivity contribution in [2.24, 2.45) is 23.7 Å². The summed E-state index contributed by atoms with van der Waals surface area (Å²) < 4.78 is 14.4. The first-order valence-corrected chi connectivity index (χ1v) is 8.69. The highest BCUT2D eigenvalue weighted by atomic mass is 79.9. The second-order valence-corrected chi connectivity index (χ2v) is 7.69. The maximum Gasteiger partial charge on any atom is 0.254 e. The van der Waals surface area contributed by atoms with Crippen LogP contribution in [0.4, 0.5) is 4.39 Å². The minimum atomic E-state index is -0.461. The van der Waals surface area contributed by atoms with Crippen molar-refractivity contribution in [1.82, 2.24) is 5.32 Å². The zero-order chi connectivity index (χ0) is 14.6. The summed E-state index contributed by atoms with van der Waals surface area (Å²) >= 11 is 3.14. The van der Waals surface area contributed by atoms with Crippen LogP contribution in [0.5, 0.6) is 0 Å². The molecule has 3 saturated carbocycles. The maximum atomic E-state index is 14.0. The molecule has 0 spiro atoms. The van der Waals surface area contributed by atoms with E-state index < -0.39 is 5.82 Å². The van der Waals surface area contributed by atoms with E-state index in [9.17, 15) is 9.18 Å². The third-order valence-corrected chi connectivity index (χ3v) is 6.55. The van der Waals surface area contributed by atoms with Gasteiger partial charge in [0.25, 0.3) is 5.91 Å². The summed E-state index contributed by atoms with van der Waals surface area (Å²) in [6, 6.07) is 5.13. The highest BCUT2D eigenvalue weighted by molar-refractivity contribution is 9.10. The lowest BCUT2D eigenvalue weighted by Crippen LogP contribution is -2.42. The van der Waals surface area contributed by atoms with Gasteiger partial charge < -0.3 is 5.32 Å². The number of fused-ring (bicyclic) bond motifs is 5. The van der Waals surface area contributed by atoms with E-state index in [1.54, 1.807) is 18.2 Å². The molecule has 2 nitrogen and oxygen atoms in total. The first-order valence-electron chi connectivity index (χ1n) is 7.90. The molecule has 4 rings (SSSR count). The van der Waals surface area contributed by atoms with Gasteiger partial charge in [-0.1, -0.05) is 12.5 Å². The van der Waals surface area contributed by atoms with Crippen molar-refractivity contribution in [3.8, 4) is 0 Å². The Kier molecular flexibility index (Phi) is 3.32. The molecule has 4 heteroatoms. The fraction of sp³-hybridized carbons (Fsp3) is 0.588. The summed E-state index contributed by atoms with van der Waals surface area (Å²) in [5.74, 6) is 2.41. The van der Waals surface area contributed by atoms with Crippen LogP contribution in [-0.4, -0.2) is 11.9 Å². The molecule has 1 aromatic rings. The second kappa shape index (κ2) is 5.08. The second-order valence-electron chi connectivity index (χ2n) is 6.84. The van der Waals surface area contributed by atoms with E-state index in [2.05, 4.69) is 21.2 Å². The van der Waals surface area contributed by atoms with Crippen molar-refractivity contribution < 1.29 is 9.18 Å². The van der Waals surface area contributed by atoms with Crippen LogP contribution < -0.4 is 5.32 Å². The number of rotatable bonds is 2. The molecular formula is C17H19BrFNO. The van der Waals surface area contributed by atoms with Gasteiger partial charge in [0.2, 0.25) is 0 Å². The van der Waals surface area contributed by atoms with Crippen LogP contribution in [0, 0.1) is 29.5 Å². The molecule has 0 radical (unpaired) electrons. The van der Waals surface area contributed by atoms with Crippen molar-refractivity contribution in [3.63, 3.8) is 0 Å². The molecule has 1 aromatic carbocycles. The number of benzene rings is 1. The zero-order valence-corrected chi connectivity index (χ0v) is 13.4. The van der Waals surface area contributed by atoms with Gasteiger partial charge in [0.15, 0.2) is 0 Å². The molecule has 5 atom stereocenters. The van der Waals surface area contributed by atoms with Crippen LogP contribution in [-0.2, 0) is 0 Å². The van der Waals surface area contributed by atoms with Crippen molar-refractivity contribution in [2.75, 3.05) is 0 Å². The van der Waals surface area contributed by atoms with Gasteiger partial charge in [0.05, 0.1) is 10.0 Å². The summed E-state index contributed by atoms with van der Waals surface area (Å²) in [4.78, 5) is 12.4. The summed E-state index contributed by atoms with van der Waals surface area (Å²) in [5, 5.41) is 3.11. The monoisotopic (exact) mass is 351 g/mol. The van der Waals surface area contributed by atoms with Crippen LogP contribution in [0.15, 0.2) is 22.7 Å². The predicted molar refractivity (Wildman–Crippen MR) is 82.4 cm³/mol. The van der Waals surface area contributed by atoms with Crippen LogP contribution >= 0.6 is 15.9 Å². The molecule has 3 fully saturated rings. The molecule has 0 saturated heterocycles. The zero-order valence-electron chi connectivity index (χ0n) is 11.8. The molecule has 112 valence electrons. The maximum absolute atomic E-state index is 14.0. The lowest BCUT2D eigenvalue weighted by molar-refractivity contribution is 0.0897. The molecule has 0 aliphatic heterocycles. The summed E-state index contributed by atoms with van der Waals surface area (Å²) in [5.41, 5.74) is 0.148. The van der Waals surface area contributed by atoms with E-state index in [-0.39, 0.29) is 17.5 Å². The van der Waals surface area contributed by atoms with Gasteiger partial charge in [0, 0.05) is 6.04 Å². The van der Waals surface area contributed by atoms with Gasteiger partial charge in [-0.15, -0.1) is 0 Å². The van der Waals surface area contributed by atoms with E-state index in [4.69, 9.17) is 0 Å². The summed E-state index contributed by atoms with van der Waals surface area (Å²) in [7, 11) is 0. The molecule has 21 heavy (non-hydrogen) atoms. The van der Waals surface area contributed by atoms with Crippen LogP contribution in [0.2, 0.25) is 0 Å². The average Bonchev–Trinajstić information content (AvgIpc) is 3.13. The lowest BCUT2D eigenvalue weighted by Gasteiger charge is -2.32. The average molecular weight is 352 g/mol. The summed E-state index contributed by atoms with van der Waals surface area (Å²) in [6.45, 7) is 0. The number of carbonyl (C=O) groups is 1. The first-order chi connectivity index (χ1) is 10.1. The Morgan fingerprint density at radius 1 is 1.19 bits per heavy atom. The molecule has 3 aliphatic rings. The third-order valence-electron chi connectivity index (χ3n) is 5.94. The quantitative estimate of drug-likeness (QED) is 0.852. The molecule has 3 aliphatic carbocycles. The highest BCUT2D eigenvalue weighted by Gasteiger charge is 2.54. The van der Waals surface area contributed by atoms with E-state index in [0.717, 1.165) is 24.2 Å². The van der Waals surface area contributed by atoms with Crippen molar-refractivity contribution >= 4 is 21.8 Å². The van der Waals surface area contributed by atoms with E-state index >= 15 is 0 Å². The number of halogens is 2. The third kappa shape index (κ3) is 2.14. The minimum Gasteiger partial charge on any atom is -0.349 e. The highest BCUT2D eigenvalue weighted by Crippen LogP contribution is 2.58. The Balaban J connectivity index is 1.50. The van der Waals surface area contributed by atoms with Crippen LogP contribution in [0.3, 0.4) is 0 Å². The fourth-order valence-electron chi connectivity index (χ4n) is 5.16. The standard InChI is InChI=1S/C17H19BrFNO/c18-14-6-2-5-12(16(14)19)17(21)20-15-8-9-7-13(15)11-4-1-3-10(9)11/h2,5-6,9-11,13,15H,1,3-4,7-8H2,(H,20,21). The summed E-state index contributed by atoms with van der Waals surface area (Å²) in [6.07, 6.45) is 6.41. The number of hydrogen-bond donors (Lipinski definition) is 1. The minimum absolute atomic E-state index is 0.148. The number of amides is 1. The fourth-order valence-corrected chi connectivity index (χ4v) is 5.53. The van der Waals surface area contributed by atoms with Gasteiger partial charge in [-0.05, 0) is 77.4 Å². The van der Waals surface area contributed by atoms with Crippen molar-refractivity contribution in [3.05, 3.63) is 34.1 Å². The normalized spacial score (nSPS) is 36.8. The largest absolute Gasteiger partial charge is 0.349 e. The number of carbonyl (C=O) groups excluding carboxylic acids is 1. The SMILES string of the molecule is O=C(NC1CC2CC1C1CCCC21)c1cccc(Br)c1F. The van der Waals surface area contributed by atoms with Crippen LogP contribution in [0.25, 0.3) is 0 Å². The molecule has 2 bridgehead atoms. The van der Waals surface area contributed by atoms with Crippen molar-refractivity contribution in [2.45, 2.75) is 38.1 Å². The predicted octanol–water partition coefficient (Wildman–Crippen LogP) is 4.14. The first kappa shape index (κ1) is 13.7. The molecule has 1 N–H and O–H groups in total. The van der Waals surface area contributed by atoms with Gasteiger partial charge in [0.1, 0.15) is 5.82 Å². The van der Waals surface area contributed by atoms with E-state index in [1.165, 1.54) is 25.7 Å². The molecule has 0 heterocycles. The smallest absolute Gasteiger partial charge is 0.254 e. The molecular weight excluding hydrogens is 333 g/mol. The number of hydrogen-bond acceptors (Lipinski definition) is 1. The van der Waals surface area contributed by atoms with Crippen LogP contribution in [0.1, 0.15) is 42.5 Å². The Labute approximate surface area is 132 Å². The van der Waals surface area contributed by atoms with Gasteiger partial charge in [-0.2, -0.15) is 0 Å². The van der Waals surface area contributed by atoms with Gasteiger partial charge >= 0.3 is 0 Å². The Bertz CT molecular complexity index is 590. The van der Waals surface area contributed by atoms with E-state index in [0.29, 0.717) is 10.4 Å². The topological polar surface area (TPSA) is 29.1 Å². The molecule has 1 amide bonds. The Hall–Kier alpha value is -0.900. The lowest BCUT2D eigenvalue weighted by atomic mass is 9.79. The van der Waals surface area contributed by atoms with Gasteiger partial charge in [-0.25, -0.2) is 4.39 Å². The number of nitrogens with one attached hydrogen (secondary N) is 1. The Morgan fingerprint density at radius 3 is 2.86 bits per heavy atom. The van der Waals surface area contributed by atoms with E-state index in [1.807, 2.05) is 0 Å². The molecule has 0 aromatic heterocycles. The Morgan fingerprint density at radius 2 is 2.00 bits per heavy atom. The molecule has 5 unspecified atom stereocenters.